The number of carbonyl (C=O) groups excluding carboxylic acids is 1. The van der Waals surface area contributed by atoms with Crippen molar-refractivity contribution in [2.24, 2.45) is 0 Å². The molecular formula is C18H20Cl2N2O2. The summed E-state index contributed by atoms with van der Waals surface area (Å²) in [4.78, 5) is 15.9. The van der Waals surface area contributed by atoms with Gasteiger partial charge in [-0.3, -0.25) is 4.79 Å². The van der Waals surface area contributed by atoms with Gasteiger partial charge in [-0.15, -0.1) is 0 Å². The SMILES string of the molecule is CN(Cc1ccc(N(C)C)cc1)C(=O)COc1cccc(Cl)c1Cl. The van der Waals surface area contributed by atoms with E-state index in [2.05, 4.69) is 0 Å². The molecule has 2 aromatic rings. The molecule has 2 rings (SSSR count). The van der Waals surface area contributed by atoms with Crippen molar-refractivity contribution in [3.63, 3.8) is 0 Å². The first-order chi connectivity index (χ1) is 11.4. The summed E-state index contributed by atoms with van der Waals surface area (Å²) in [7, 11) is 5.72. The van der Waals surface area contributed by atoms with E-state index in [0.717, 1.165) is 11.3 Å². The molecule has 0 fully saturated rings. The van der Waals surface area contributed by atoms with Gasteiger partial charge in [-0.25, -0.2) is 0 Å². The second-order valence-electron chi connectivity index (χ2n) is 5.65. The van der Waals surface area contributed by atoms with E-state index in [-0.39, 0.29) is 12.5 Å². The number of hydrogen-bond donors (Lipinski definition) is 0. The molecule has 1 amide bonds. The van der Waals surface area contributed by atoms with Crippen LogP contribution in [0.1, 0.15) is 5.56 Å². The first-order valence-electron chi connectivity index (χ1n) is 7.45. The Morgan fingerprint density at radius 2 is 1.71 bits per heavy atom. The Labute approximate surface area is 152 Å². The van der Waals surface area contributed by atoms with Gasteiger partial charge in [-0.05, 0) is 29.8 Å². The molecule has 0 aliphatic heterocycles. The third kappa shape index (κ3) is 4.79. The summed E-state index contributed by atoms with van der Waals surface area (Å²) in [6, 6.07) is 13.1. The van der Waals surface area contributed by atoms with Gasteiger partial charge >= 0.3 is 0 Å². The predicted octanol–water partition coefficient (Wildman–Crippen LogP) is 4.10. The Balaban J connectivity index is 1.91. The van der Waals surface area contributed by atoms with Gasteiger partial charge in [0.2, 0.25) is 0 Å². The second kappa shape index (κ2) is 8.27. The summed E-state index contributed by atoms with van der Waals surface area (Å²) < 4.78 is 5.47. The molecule has 0 unspecified atom stereocenters. The van der Waals surface area contributed by atoms with Gasteiger partial charge in [0, 0.05) is 33.4 Å². The lowest BCUT2D eigenvalue weighted by Gasteiger charge is -2.19. The van der Waals surface area contributed by atoms with Crippen LogP contribution in [-0.2, 0) is 11.3 Å². The van der Waals surface area contributed by atoms with Gasteiger partial charge in [0.05, 0.1) is 5.02 Å². The predicted molar refractivity (Wildman–Crippen MR) is 99.2 cm³/mol. The fourth-order valence-corrected chi connectivity index (χ4v) is 2.45. The van der Waals surface area contributed by atoms with E-state index in [1.807, 2.05) is 43.3 Å². The van der Waals surface area contributed by atoms with E-state index in [0.29, 0.717) is 22.3 Å². The lowest BCUT2D eigenvalue weighted by Crippen LogP contribution is -2.31. The molecule has 0 aromatic heterocycles. The van der Waals surface area contributed by atoms with E-state index in [1.54, 1.807) is 30.1 Å². The summed E-state index contributed by atoms with van der Waals surface area (Å²) in [5.74, 6) is 0.268. The molecule has 0 aliphatic carbocycles. The minimum Gasteiger partial charge on any atom is -0.482 e. The van der Waals surface area contributed by atoms with Crippen LogP contribution in [0.5, 0.6) is 5.75 Å². The fraction of sp³-hybridized carbons (Fsp3) is 0.278. The average Bonchev–Trinajstić information content (AvgIpc) is 2.56. The monoisotopic (exact) mass is 366 g/mol. The third-order valence-electron chi connectivity index (χ3n) is 3.57. The number of rotatable bonds is 6. The first kappa shape index (κ1) is 18.4. The van der Waals surface area contributed by atoms with E-state index in [4.69, 9.17) is 27.9 Å². The quantitative estimate of drug-likeness (QED) is 0.771. The van der Waals surface area contributed by atoms with Crippen molar-refractivity contribution in [2.75, 3.05) is 32.6 Å². The summed E-state index contributed by atoms with van der Waals surface area (Å²) in [6.07, 6.45) is 0. The van der Waals surface area contributed by atoms with Crippen molar-refractivity contribution in [1.29, 1.82) is 0 Å². The maximum atomic E-state index is 12.2. The van der Waals surface area contributed by atoms with Crippen molar-refractivity contribution >= 4 is 34.8 Å². The van der Waals surface area contributed by atoms with Crippen molar-refractivity contribution < 1.29 is 9.53 Å². The number of halogens is 2. The largest absolute Gasteiger partial charge is 0.482 e. The highest BCUT2D eigenvalue weighted by molar-refractivity contribution is 6.42. The van der Waals surface area contributed by atoms with Crippen LogP contribution in [0.15, 0.2) is 42.5 Å². The van der Waals surface area contributed by atoms with Crippen LogP contribution in [0.25, 0.3) is 0 Å². The van der Waals surface area contributed by atoms with Crippen LogP contribution < -0.4 is 9.64 Å². The van der Waals surface area contributed by atoms with E-state index in [1.165, 1.54) is 0 Å². The third-order valence-corrected chi connectivity index (χ3v) is 4.37. The smallest absolute Gasteiger partial charge is 0.260 e. The van der Waals surface area contributed by atoms with Gasteiger partial charge in [-0.2, -0.15) is 0 Å². The highest BCUT2D eigenvalue weighted by Crippen LogP contribution is 2.31. The summed E-state index contributed by atoms with van der Waals surface area (Å²) in [6.45, 7) is 0.422. The number of carbonyl (C=O) groups is 1. The molecule has 24 heavy (non-hydrogen) atoms. The average molecular weight is 367 g/mol. The Morgan fingerprint density at radius 3 is 2.33 bits per heavy atom. The van der Waals surface area contributed by atoms with Gasteiger partial charge in [0.15, 0.2) is 6.61 Å². The number of likely N-dealkylation sites (N-methyl/N-ethyl adjacent to an activating group) is 1. The molecule has 0 spiro atoms. The molecule has 6 heteroatoms. The molecule has 0 aliphatic rings. The van der Waals surface area contributed by atoms with E-state index >= 15 is 0 Å². The maximum Gasteiger partial charge on any atom is 0.260 e. The normalized spacial score (nSPS) is 10.4. The zero-order chi connectivity index (χ0) is 17.7. The van der Waals surface area contributed by atoms with Crippen LogP contribution in [0, 0.1) is 0 Å². The lowest BCUT2D eigenvalue weighted by atomic mass is 10.2. The Bertz CT molecular complexity index is 703. The Hall–Kier alpha value is -1.91. The molecule has 128 valence electrons. The Morgan fingerprint density at radius 1 is 1.04 bits per heavy atom. The van der Waals surface area contributed by atoms with Crippen molar-refractivity contribution in [3.05, 3.63) is 58.1 Å². The second-order valence-corrected chi connectivity index (χ2v) is 6.44. The maximum absolute atomic E-state index is 12.2. The van der Waals surface area contributed by atoms with E-state index in [9.17, 15) is 4.79 Å². The number of anilines is 1. The van der Waals surface area contributed by atoms with Gasteiger partial charge in [0.25, 0.3) is 5.91 Å². The van der Waals surface area contributed by atoms with Crippen LogP contribution >= 0.6 is 23.2 Å². The molecule has 0 saturated carbocycles. The fourth-order valence-electron chi connectivity index (χ4n) is 2.11. The molecule has 0 atom stereocenters. The summed E-state index contributed by atoms with van der Waals surface area (Å²) >= 11 is 12.0. The van der Waals surface area contributed by atoms with Crippen molar-refractivity contribution in [2.45, 2.75) is 6.54 Å². The minimum atomic E-state index is -0.136. The first-order valence-corrected chi connectivity index (χ1v) is 8.21. The lowest BCUT2D eigenvalue weighted by molar-refractivity contribution is -0.132. The molecular weight excluding hydrogens is 347 g/mol. The summed E-state index contributed by atoms with van der Waals surface area (Å²) in [5, 5.41) is 0.713. The van der Waals surface area contributed by atoms with Gasteiger partial charge in [-0.1, -0.05) is 41.4 Å². The highest BCUT2D eigenvalue weighted by atomic mass is 35.5. The molecule has 0 heterocycles. The molecule has 2 aromatic carbocycles. The molecule has 0 saturated heterocycles. The summed E-state index contributed by atoms with van der Waals surface area (Å²) in [5.41, 5.74) is 2.17. The van der Waals surface area contributed by atoms with Gasteiger partial charge < -0.3 is 14.5 Å². The van der Waals surface area contributed by atoms with Gasteiger partial charge in [0.1, 0.15) is 10.8 Å². The van der Waals surface area contributed by atoms with Crippen LogP contribution in [-0.4, -0.2) is 38.6 Å². The Kier molecular flexibility index (Phi) is 6.35. The number of amides is 1. The highest BCUT2D eigenvalue weighted by Gasteiger charge is 2.12. The zero-order valence-electron chi connectivity index (χ0n) is 13.9. The zero-order valence-corrected chi connectivity index (χ0v) is 15.4. The number of ether oxygens (including phenoxy) is 1. The number of hydrogen-bond acceptors (Lipinski definition) is 3. The van der Waals surface area contributed by atoms with Crippen LogP contribution in [0.3, 0.4) is 0 Å². The van der Waals surface area contributed by atoms with Crippen LogP contribution in [0.4, 0.5) is 5.69 Å². The molecule has 0 radical (unpaired) electrons. The molecule has 4 nitrogen and oxygen atoms in total. The molecule has 0 N–H and O–H groups in total. The topological polar surface area (TPSA) is 32.8 Å². The van der Waals surface area contributed by atoms with E-state index < -0.39 is 0 Å². The van der Waals surface area contributed by atoms with Crippen LogP contribution in [0.2, 0.25) is 10.0 Å². The standard InChI is InChI=1S/C18H20Cl2N2O2/c1-21(2)14-9-7-13(8-10-14)11-22(3)17(23)12-24-16-6-4-5-15(19)18(16)20/h4-10H,11-12H2,1-3H3. The minimum absolute atomic E-state index is 0.0909. The van der Waals surface area contributed by atoms with Crippen molar-refractivity contribution in [3.8, 4) is 5.75 Å². The van der Waals surface area contributed by atoms with Crippen molar-refractivity contribution in [1.82, 2.24) is 4.90 Å². The number of nitrogens with zero attached hydrogens (tertiary/aromatic N) is 2. The molecule has 0 bridgehead atoms. The number of benzene rings is 2.